The third kappa shape index (κ3) is 10.4. The molecule has 4 aliphatic rings. The number of anilines is 6. The van der Waals surface area contributed by atoms with Gasteiger partial charge in [0.1, 0.15) is 0 Å². The quantitative estimate of drug-likeness (QED) is 0.141. The minimum Gasteiger partial charge on any atom is -0.311 e. The van der Waals surface area contributed by atoms with Gasteiger partial charge in [0.2, 0.25) is 0 Å². The molecular weight excluding hydrogens is 1210 g/mol. The Morgan fingerprint density at radius 3 is 1.15 bits per heavy atom. The van der Waals surface area contributed by atoms with Crippen molar-refractivity contribution in [2.45, 2.75) is 155 Å². The van der Waals surface area contributed by atoms with Crippen LogP contribution < -0.4 is 26.2 Å². The molecular formula is C96H92BN3. The van der Waals surface area contributed by atoms with E-state index in [0.29, 0.717) is 0 Å². The van der Waals surface area contributed by atoms with Gasteiger partial charge in [-0.1, -0.05) is 285 Å². The smallest absolute Gasteiger partial charge is 0.252 e. The topological polar surface area (TPSA) is 11.4 Å². The highest BCUT2D eigenvalue weighted by Gasteiger charge is 2.45. The van der Waals surface area contributed by atoms with Crippen LogP contribution in [0.1, 0.15) is 156 Å². The van der Waals surface area contributed by atoms with E-state index in [9.17, 15) is 0 Å². The van der Waals surface area contributed by atoms with Gasteiger partial charge in [0.15, 0.2) is 0 Å². The molecule has 2 aliphatic heterocycles. The first kappa shape index (κ1) is 63.5. The molecule has 17 rings (SSSR count). The van der Waals surface area contributed by atoms with E-state index < -0.39 is 0 Å². The van der Waals surface area contributed by atoms with Crippen LogP contribution in [0.5, 0.6) is 0 Å². The Morgan fingerprint density at radius 2 is 0.670 bits per heavy atom. The van der Waals surface area contributed by atoms with Gasteiger partial charge < -0.3 is 14.4 Å². The zero-order chi connectivity index (χ0) is 69.2. The van der Waals surface area contributed by atoms with Crippen molar-refractivity contribution in [3.05, 3.63) is 288 Å². The molecule has 100 heavy (non-hydrogen) atoms. The van der Waals surface area contributed by atoms with Crippen LogP contribution in [0.25, 0.3) is 83.1 Å². The Balaban J connectivity index is 0.951. The highest BCUT2D eigenvalue weighted by Crippen LogP contribution is 2.52. The van der Waals surface area contributed by atoms with Crippen molar-refractivity contribution in [2.75, 3.05) is 9.80 Å². The molecule has 0 bridgehead atoms. The molecule has 12 aromatic carbocycles. The summed E-state index contributed by atoms with van der Waals surface area (Å²) in [5.41, 5.74) is 35.4. The molecule has 0 fully saturated rings. The van der Waals surface area contributed by atoms with Crippen molar-refractivity contribution in [2.24, 2.45) is 0 Å². The minimum atomic E-state index is -0.133. The van der Waals surface area contributed by atoms with Gasteiger partial charge in [-0.15, -0.1) is 0 Å². The molecule has 0 spiro atoms. The highest BCUT2D eigenvalue weighted by molar-refractivity contribution is 7.00. The first-order valence-corrected chi connectivity index (χ1v) is 36.7. The SMILES string of the molecule is CC(C)(C)c1ccccc1-c1ccc2c(c1)N(c1ccc(-c3ccc4c(c3)C(C)(C)CCC4(C)C)cc1)c1cc(-n3c4ccccc4c4cc(-c5ccccc5)ccc43)cc3c1B2c1ccc(-c2ccccc2C(C)(C)C)cc1N3c1ccc(-c2ccc3c(c2)C(C)(C)CCC3(C)C)cc1. The second-order valence-electron chi connectivity index (χ2n) is 34.2. The summed E-state index contributed by atoms with van der Waals surface area (Å²) >= 11 is 0. The lowest BCUT2D eigenvalue weighted by molar-refractivity contribution is 0.332. The zero-order valence-corrected chi connectivity index (χ0v) is 61.0. The van der Waals surface area contributed by atoms with E-state index in [4.69, 9.17) is 0 Å². The average molecular weight is 1300 g/mol. The summed E-state index contributed by atoms with van der Waals surface area (Å²) in [6.45, 7) is 33.4. The van der Waals surface area contributed by atoms with Gasteiger partial charge >= 0.3 is 0 Å². The standard InChI is InChI=1S/C96H92BN3/c1-91(2,3)76-29-21-18-26-72(76)67-38-47-82-86(57-67)98(69-41-32-62(33-42-69)65-36-45-78-80(55-65)95(11,12)52-50-93(78,7)8)88-59-71(100-84-31-23-20-28-74(84)75-54-64(40-49-85(75)100)61-24-16-15-17-25-61)60-89-90(88)97(82)83-48-39-68(73-27-19-22-30-77(73)92(4,5)6)58-87(83)99(89)70-43-34-63(35-44-70)66-37-46-79-81(56-66)96(13,14)53-51-94(79,9)10/h15-49,54-60H,50-53H2,1-14H3. The van der Waals surface area contributed by atoms with E-state index in [1.165, 1.54) is 164 Å². The Kier molecular flexibility index (Phi) is 14.5. The number of rotatable bonds is 8. The van der Waals surface area contributed by atoms with E-state index in [1.807, 2.05) is 0 Å². The number of hydrogen-bond donors (Lipinski definition) is 0. The summed E-state index contributed by atoms with van der Waals surface area (Å²) in [5, 5.41) is 2.45. The molecule has 1 aromatic heterocycles. The predicted molar refractivity (Wildman–Crippen MR) is 430 cm³/mol. The van der Waals surface area contributed by atoms with Crippen LogP contribution in [0.4, 0.5) is 34.1 Å². The van der Waals surface area contributed by atoms with Crippen molar-refractivity contribution < 1.29 is 0 Å². The zero-order valence-electron chi connectivity index (χ0n) is 61.0. The minimum absolute atomic E-state index is 0.0897. The molecule has 0 amide bonds. The van der Waals surface area contributed by atoms with E-state index in [1.54, 1.807) is 0 Å². The first-order chi connectivity index (χ1) is 47.8. The number of hydrogen-bond acceptors (Lipinski definition) is 2. The third-order valence-electron chi connectivity index (χ3n) is 23.8. The fourth-order valence-electron chi connectivity index (χ4n) is 18.0. The van der Waals surface area contributed by atoms with E-state index in [0.717, 1.165) is 28.4 Å². The first-order valence-electron chi connectivity index (χ1n) is 36.7. The van der Waals surface area contributed by atoms with Crippen molar-refractivity contribution >= 4 is 79.0 Å². The van der Waals surface area contributed by atoms with Gasteiger partial charge in [0.05, 0.1) is 16.7 Å². The van der Waals surface area contributed by atoms with Crippen molar-refractivity contribution in [3.63, 3.8) is 0 Å². The molecule has 0 radical (unpaired) electrons. The van der Waals surface area contributed by atoms with Gasteiger partial charge in [-0.3, -0.25) is 0 Å². The number of fused-ring (bicyclic) bond motifs is 9. The summed E-state index contributed by atoms with van der Waals surface area (Å²) in [7, 11) is 0. The van der Waals surface area contributed by atoms with Gasteiger partial charge in [-0.2, -0.15) is 0 Å². The average Bonchev–Trinajstić information content (AvgIpc) is 0.773. The maximum Gasteiger partial charge on any atom is 0.252 e. The van der Waals surface area contributed by atoms with Gasteiger partial charge in [0.25, 0.3) is 6.71 Å². The molecule has 0 N–H and O–H groups in total. The van der Waals surface area contributed by atoms with Crippen LogP contribution in [0.2, 0.25) is 0 Å². The molecule has 0 saturated heterocycles. The normalized spacial score (nSPS) is 16.2. The molecule has 2 aliphatic carbocycles. The molecule has 494 valence electrons. The largest absolute Gasteiger partial charge is 0.311 e. The molecule has 3 nitrogen and oxygen atoms in total. The summed E-state index contributed by atoms with van der Waals surface area (Å²) in [4.78, 5) is 5.28. The summed E-state index contributed by atoms with van der Waals surface area (Å²) in [6, 6.07) is 99.0. The Bertz CT molecular complexity index is 5190. The Hall–Kier alpha value is -9.90. The number of nitrogens with zero attached hydrogens (tertiary/aromatic N) is 3. The lowest BCUT2D eigenvalue weighted by Gasteiger charge is -2.45. The maximum absolute atomic E-state index is 2.64. The Morgan fingerprint density at radius 1 is 0.290 bits per heavy atom. The van der Waals surface area contributed by atoms with Gasteiger partial charge in [-0.05, 0) is 230 Å². The second-order valence-corrected chi connectivity index (χ2v) is 34.2. The lowest BCUT2D eigenvalue weighted by atomic mass is 9.33. The predicted octanol–water partition coefficient (Wildman–Crippen LogP) is 24.5. The van der Waals surface area contributed by atoms with Crippen LogP contribution in [0, 0.1) is 0 Å². The van der Waals surface area contributed by atoms with Crippen LogP contribution in [-0.2, 0) is 32.5 Å². The van der Waals surface area contributed by atoms with Gasteiger partial charge in [0, 0.05) is 44.9 Å². The highest BCUT2D eigenvalue weighted by atomic mass is 15.2. The van der Waals surface area contributed by atoms with Crippen LogP contribution in [-0.4, -0.2) is 11.3 Å². The van der Waals surface area contributed by atoms with Crippen molar-refractivity contribution in [3.8, 4) is 61.3 Å². The fraction of sp³-hybridized carbons (Fsp3) is 0.250. The Labute approximate surface area is 594 Å². The van der Waals surface area contributed by atoms with Crippen molar-refractivity contribution in [1.29, 1.82) is 0 Å². The molecule has 13 aromatic rings. The lowest BCUT2D eigenvalue weighted by Crippen LogP contribution is -2.61. The molecule has 3 heterocycles. The van der Waals surface area contributed by atoms with Gasteiger partial charge in [-0.25, -0.2) is 0 Å². The molecule has 0 unspecified atom stereocenters. The molecule has 0 saturated carbocycles. The monoisotopic (exact) mass is 1300 g/mol. The van der Waals surface area contributed by atoms with E-state index in [-0.39, 0.29) is 39.2 Å². The number of para-hydroxylation sites is 1. The number of benzene rings is 12. The van der Waals surface area contributed by atoms with E-state index >= 15 is 0 Å². The molecule has 0 atom stereocenters. The third-order valence-corrected chi connectivity index (χ3v) is 23.8. The van der Waals surface area contributed by atoms with Crippen LogP contribution in [0.15, 0.2) is 255 Å². The van der Waals surface area contributed by atoms with Crippen molar-refractivity contribution in [1.82, 2.24) is 4.57 Å². The van der Waals surface area contributed by atoms with E-state index in [2.05, 4.69) is 366 Å². The van der Waals surface area contributed by atoms with Crippen LogP contribution in [0.3, 0.4) is 0 Å². The summed E-state index contributed by atoms with van der Waals surface area (Å²) in [5.74, 6) is 0. The summed E-state index contributed by atoms with van der Waals surface area (Å²) in [6.07, 6.45) is 4.72. The molecule has 4 heteroatoms. The summed E-state index contributed by atoms with van der Waals surface area (Å²) < 4.78 is 2.56. The second kappa shape index (κ2) is 22.8. The maximum atomic E-state index is 2.64. The number of aromatic nitrogens is 1. The fourth-order valence-corrected chi connectivity index (χ4v) is 18.0. The van der Waals surface area contributed by atoms with Crippen LogP contribution >= 0.6 is 0 Å².